The van der Waals surface area contributed by atoms with Crippen LogP contribution in [0.2, 0.25) is 0 Å². The van der Waals surface area contributed by atoms with Crippen molar-refractivity contribution < 1.29 is 18.3 Å². The van der Waals surface area contributed by atoms with Crippen LogP contribution in [0.15, 0.2) is 48.5 Å². The summed E-state index contributed by atoms with van der Waals surface area (Å²) in [6.07, 6.45) is 0. The molecule has 2 aromatic carbocycles. The number of anilines is 1. The first-order chi connectivity index (χ1) is 10.1. The smallest absolute Gasteiger partial charge is 0.319 e. The van der Waals surface area contributed by atoms with Crippen molar-refractivity contribution in [2.75, 3.05) is 18.5 Å². The average molecular weight is 292 g/mol. The number of hydrogen-bond donors (Lipinski definition) is 2. The lowest BCUT2D eigenvalue weighted by atomic mass is 10.3. The lowest BCUT2D eigenvalue weighted by Crippen LogP contribution is -2.32. The highest BCUT2D eigenvalue weighted by Crippen LogP contribution is 2.14. The van der Waals surface area contributed by atoms with Gasteiger partial charge in [-0.2, -0.15) is 0 Å². The van der Waals surface area contributed by atoms with Gasteiger partial charge in [0.1, 0.15) is 24.0 Å². The lowest BCUT2D eigenvalue weighted by molar-refractivity contribution is 0.247. The molecule has 2 N–H and O–H groups in total. The number of halogens is 2. The van der Waals surface area contributed by atoms with Crippen LogP contribution in [0.3, 0.4) is 0 Å². The third-order valence-electron chi connectivity index (χ3n) is 2.58. The van der Waals surface area contributed by atoms with E-state index in [2.05, 4.69) is 10.6 Å². The Balaban J connectivity index is 1.72. The van der Waals surface area contributed by atoms with Crippen LogP contribution in [-0.4, -0.2) is 19.2 Å². The van der Waals surface area contributed by atoms with E-state index in [9.17, 15) is 13.6 Å². The summed E-state index contributed by atoms with van der Waals surface area (Å²) in [7, 11) is 0. The minimum Gasteiger partial charge on any atom is -0.492 e. The van der Waals surface area contributed by atoms with E-state index < -0.39 is 17.7 Å². The van der Waals surface area contributed by atoms with Crippen LogP contribution in [0, 0.1) is 11.6 Å². The van der Waals surface area contributed by atoms with E-state index in [0.717, 1.165) is 12.1 Å². The molecule has 0 radical (unpaired) electrons. The fourth-order valence-corrected chi connectivity index (χ4v) is 1.61. The zero-order valence-electron chi connectivity index (χ0n) is 11.1. The summed E-state index contributed by atoms with van der Waals surface area (Å²) in [4.78, 5) is 11.5. The normalized spacial score (nSPS) is 10.0. The third-order valence-corrected chi connectivity index (χ3v) is 2.58. The fraction of sp³-hybridized carbons (Fsp3) is 0.133. The highest BCUT2D eigenvalue weighted by molar-refractivity contribution is 5.89. The molecule has 2 rings (SSSR count). The number of amides is 2. The molecule has 0 aromatic heterocycles. The molecule has 0 atom stereocenters. The minimum atomic E-state index is -0.828. The van der Waals surface area contributed by atoms with Crippen molar-refractivity contribution in [1.82, 2.24) is 5.32 Å². The second-order valence-electron chi connectivity index (χ2n) is 4.17. The predicted octanol–water partition coefficient (Wildman–Crippen LogP) is 3.17. The van der Waals surface area contributed by atoms with Crippen LogP contribution in [0.5, 0.6) is 5.75 Å². The maximum atomic E-state index is 13.3. The molecule has 0 aliphatic heterocycles. The molecule has 0 aliphatic carbocycles. The zero-order chi connectivity index (χ0) is 15.1. The van der Waals surface area contributed by atoms with Crippen LogP contribution >= 0.6 is 0 Å². The Hall–Kier alpha value is -2.63. The summed E-state index contributed by atoms with van der Waals surface area (Å²) in [5.74, 6) is -0.829. The molecule has 4 nitrogen and oxygen atoms in total. The molecule has 0 saturated carbocycles. The Labute approximate surface area is 120 Å². The first-order valence-electron chi connectivity index (χ1n) is 6.33. The van der Waals surface area contributed by atoms with Crippen molar-refractivity contribution in [3.63, 3.8) is 0 Å². The van der Waals surface area contributed by atoms with Crippen molar-refractivity contribution in [2.24, 2.45) is 0 Å². The Morgan fingerprint density at radius 3 is 2.57 bits per heavy atom. The Morgan fingerprint density at radius 2 is 1.86 bits per heavy atom. The van der Waals surface area contributed by atoms with Crippen LogP contribution in [0.1, 0.15) is 0 Å². The number of hydrogen-bond acceptors (Lipinski definition) is 2. The maximum absolute atomic E-state index is 13.3. The summed E-state index contributed by atoms with van der Waals surface area (Å²) in [6, 6.07) is 11.5. The lowest BCUT2D eigenvalue weighted by Gasteiger charge is -2.09. The molecule has 0 fully saturated rings. The highest BCUT2D eigenvalue weighted by atomic mass is 19.1. The van der Waals surface area contributed by atoms with Crippen molar-refractivity contribution in [3.8, 4) is 5.75 Å². The van der Waals surface area contributed by atoms with Gasteiger partial charge in [-0.05, 0) is 24.3 Å². The van der Waals surface area contributed by atoms with Gasteiger partial charge >= 0.3 is 6.03 Å². The predicted molar refractivity (Wildman–Crippen MR) is 75.3 cm³/mol. The van der Waals surface area contributed by atoms with Crippen molar-refractivity contribution in [3.05, 3.63) is 60.2 Å². The number of carbonyl (C=O) groups excluding carboxylic acids is 1. The van der Waals surface area contributed by atoms with E-state index in [4.69, 9.17) is 4.74 Å². The number of rotatable bonds is 5. The Bertz CT molecular complexity index is 606. The van der Waals surface area contributed by atoms with Gasteiger partial charge in [-0.3, -0.25) is 0 Å². The molecular weight excluding hydrogens is 278 g/mol. The number of benzene rings is 2. The monoisotopic (exact) mass is 292 g/mol. The van der Waals surface area contributed by atoms with Gasteiger partial charge < -0.3 is 15.4 Å². The molecule has 0 bridgehead atoms. The van der Waals surface area contributed by atoms with E-state index in [-0.39, 0.29) is 18.8 Å². The van der Waals surface area contributed by atoms with E-state index in [1.54, 1.807) is 12.1 Å². The summed E-state index contributed by atoms with van der Waals surface area (Å²) < 4.78 is 31.4. The van der Waals surface area contributed by atoms with Crippen LogP contribution < -0.4 is 15.4 Å². The van der Waals surface area contributed by atoms with Gasteiger partial charge in [0.05, 0.1) is 12.2 Å². The first-order valence-corrected chi connectivity index (χ1v) is 6.33. The largest absolute Gasteiger partial charge is 0.492 e. The minimum absolute atomic E-state index is 0.0853. The highest BCUT2D eigenvalue weighted by Gasteiger charge is 2.07. The molecule has 110 valence electrons. The summed E-state index contributed by atoms with van der Waals surface area (Å²) in [5.41, 5.74) is -0.0853. The van der Waals surface area contributed by atoms with Gasteiger partial charge in [-0.15, -0.1) is 0 Å². The number of nitrogens with one attached hydrogen (secondary N) is 2. The van der Waals surface area contributed by atoms with Gasteiger partial charge in [-0.25, -0.2) is 13.6 Å². The van der Waals surface area contributed by atoms with Gasteiger partial charge in [0, 0.05) is 6.07 Å². The molecule has 2 amide bonds. The topological polar surface area (TPSA) is 50.4 Å². The van der Waals surface area contributed by atoms with Gasteiger partial charge in [0.2, 0.25) is 0 Å². The average Bonchev–Trinajstić information content (AvgIpc) is 2.48. The fourth-order valence-electron chi connectivity index (χ4n) is 1.61. The van der Waals surface area contributed by atoms with E-state index in [0.29, 0.717) is 11.8 Å². The van der Waals surface area contributed by atoms with E-state index in [1.165, 1.54) is 0 Å². The number of para-hydroxylation sites is 1. The van der Waals surface area contributed by atoms with Crippen molar-refractivity contribution in [2.45, 2.75) is 0 Å². The van der Waals surface area contributed by atoms with Gasteiger partial charge in [0.25, 0.3) is 0 Å². The van der Waals surface area contributed by atoms with E-state index in [1.807, 2.05) is 18.2 Å². The molecule has 6 heteroatoms. The van der Waals surface area contributed by atoms with Crippen LogP contribution in [-0.2, 0) is 0 Å². The molecule has 0 unspecified atom stereocenters. The van der Waals surface area contributed by atoms with Gasteiger partial charge in [0.15, 0.2) is 0 Å². The maximum Gasteiger partial charge on any atom is 0.319 e. The molecule has 21 heavy (non-hydrogen) atoms. The molecular formula is C15H14F2N2O2. The Morgan fingerprint density at radius 1 is 1.10 bits per heavy atom. The summed E-state index contributed by atoms with van der Waals surface area (Å²) in [5, 5.41) is 4.80. The standard InChI is InChI=1S/C15H14F2N2O2/c16-11-6-7-14(13(17)10-11)19-15(20)18-8-9-21-12-4-2-1-3-5-12/h1-7,10H,8-9H2,(H2,18,19,20). The van der Waals surface area contributed by atoms with Crippen molar-refractivity contribution >= 4 is 11.7 Å². The van der Waals surface area contributed by atoms with E-state index >= 15 is 0 Å². The third kappa shape index (κ3) is 4.76. The molecule has 2 aromatic rings. The molecule has 0 saturated heterocycles. The van der Waals surface area contributed by atoms with Crippen LogP contribution in [0.4, 0.5) is 19.3 Å². The molecule has 0 heterocycles. The number of carbonyl (C=O) groups is 1. The SMILES string of the molecule is O=C(NCCOc1ccccc1)Nc1ccc(F)cc1F. The molecule has 0 spiro atoms. The zero-order valence-corrected chi connectivity index (χ0v) is 11.1. The van der Waals surface area contributed by atoms with Crippen molar-refractivity contribution in [1.29, 1.82) is 0 Å². The second kappa shape index (κ2) is 7.23. The first kappa shape index (κ1) is 14.8. The summed E-state index contributed by atoms with van der Waals surface area (Å²) >= 11 is 0. The molecule has 0 aliphatic rings. The Kier molecular flexibility index (Phi) is 5.09. The van der Waals surface area contributed by atoms with Crippen LogP contribution in [0.25, 0.3) is 0 Å². The second-order valence-corrected chi connectivity index (χ2v) is 4.17. The number of urea groups is 1. The summed E-state index contributed by atoms with van der Waals surface area (Å²) in [6.45, 7) is 0.535. The quantitative estimate of drug-likeness (QED) is 0.832. The number of ether oxygens (including phenoxy) is 1. The van der Waals surface area contributed by atoms with Gasteiger partial charge in [-0.1, -0.05) is 18.2 Å².